The van der Waals surface area contributed by atoms with Gasteiger partial charge in [-0.2, -0.15) is 0 Å². The molecule has 3 rings (SSSR count). The van der Waals surface area contributed by atoms with E-state index in [1.54, 1.807) is 11.1 Å². The third-order valence-corrected chi connectivity index (χ3v) is 4.91. The molecule has 0 spiro atoms. The number of aryl methyl sites for hydroxylation is 2. The second kappa shape index (κ2) is 6.96. The summed E-state index contributed by atoms with van der Waals surface area (Å²) in [6, 6.07) is 17.9. The van der Waals surface area contributed by atoms with Crippen LogP contribution in [0.3, 0.4) is 0 Å². The Hall–Kier alpha value is -1.82. The number of hydrogen-bond acceptors (Lipinski definition) is 0. The molecule has 0 aromatic heterocycles. The quantitative estimate of drug-likeness (QED) is 0.597. The van der Waals surface area contributed by atoms with Gasteiger partial charge in [-0.25, -0.2) is 0 Å². The standard InChI is InChI=1S/C22H26/c1-3-8-21(18-9-5-4-6-10-18)15-17(2)20-14-13-19-11-7-12-22(19)16-20/h4-6,9-10,13-14,16,21H,2-3,7-8,11-12,15H2,1H3. The van der Waals surface area contributed by atoms with E-state index >= 15 is 0 Å². The second-order valence-corrected chi connectivity index (χ2v) is 6.54. The fourth-order valence-electron chi connectivity index (χ4n) is 3.67. The molecule has 0 fully saturated rings. The topological polar surface area (TPSA) is 0 Å². The maximum atomic E-state index is 4.40. The third-order valence-electron chi connectivity index (χ3n) is 4.91. The first kappa shape index (κ1) is 15.1. The molecule has 0 radical (unpaired) electrons. The molecule has 1 unspecified atom stereocenters. The van der Waals surface area contributed by atoms with E-state index in [4.69, 9.17) is 0 Å². The van der Waals surface area contributed by atoms with Crippen molar-refractivity contribution in [3.05, 3.63) is 77.4 Å². The molecular weight excluding hydrogens is 264 g/mol. The summed E-state index contributed by atoms with van der Waals surface area (Å²) < 4.78 is 0. The zero-order chi connectivity index (χ0) is 15.4. The molecule has 0 bridgehead atoms. The first-order valence-electron chi connectivity index (χ1n) is 8.63. The summed E-state index contributed by atoms with van der Waals surface area (Å²) in [7, 11) is 0. The predicted molar refractivity (Wildman–Crippen MR) is 96.2 cm³/mol. The van der Waals surface area contributed by atoms with Crippen molar-refractivity contribution in [2.24, 2.45) is 0 Å². The molecule has 1 aliphatic carbocycles. The molecule has 0 aliphatic heterocycles. The lowest BCUT2D eigenvalue weighted by atomic mass is 9.86. The van der Waals surface area contributed by atoms with Gasteiger partial charge in [0.05, 0.1) is 0 Å². The molecule has 2 aromatic carbocycles. The zero-order valence-corrected chi connectivity index (χ0v) is 13.6. The minimum Gasteiger partial charge on any atom is -0.0952 e. The molecule has 114 valence electrons. The van der Waals surface area contributed by atoms with Crippen molar-refractivity contribution < 1.29 is 0 Å². The molecule has 1 aliphatic rings. The lowest BCUT2D eigenvalue weighted by Gasteiger charge is -2.19. The van der Waals surface area contributed by atoms with E-state index in [1.165, 1.54) is 48.8 Å². The van der Waals surface area contributed by atoms with Gasteiger partial charge in [-0.05, 0) is 65.8 Å². The molecule has 0 nitrogen and oxygen atoms in total. The Morgan fingerprint density at radius 2 is 1.82 bits per heavy atom. The van der Waals surface area contributed by atoms with Crippen LogP contribution in [0.5, 0.6) is 0 Å². The Bertz CT molecular complexity index is 636. The molecule has 0 saturated carbocycles. The molecule has 0 heterocycles. The SMILES string of the molecule is C=C(CC(CCC)c1ccccc1)c1ccc2c(c1)CCC2. The summed E-state index contributed by atoms with van der Waals surface area (Å²) in [4.78, 5) is 0. The fraction of sp³-hybridized carbons (Fsp3) is 0.364. The van der Waals surface area contributed by atoms with Crippen LogP contribution in [0.25, 0.3) is 5.57 Å². The summed E-state index contributed by atoms with van der Waals surface area (Å²) in [6.07, 6.45) is 7.33. The fourth-order valence-corrected chi connectivity index (χ4v) is 3.67. The van der Waals surface area contributed by atoms with Crippen LogP contribution in [0.1, 0.15) is 60.8 Å². The summed E-state index contributed by atoms with van der Waals surface area (Å²) in [6.45, 7) is 6.67. The van der Waals surface area contributed by atoms with Crippen molar-refractivity contribution in [3.63, 3.8) is 0 Å². The normalized spacial score (nSPS) is 14.6. The van der Waals surface area contributed by atoms with E-state index in [0.29, 0.717) is 5.92 Å². The maximum Gasteiger partial charge on any atom is -0.0122 e. The highest BCUT2D eigenvalue weighted by atomic mass is 14.2. The van der Waals surface area contributed by atoms with Gasteiger partial charge in [0.2, 0.25) is 0 Å². The zero-order valence-electron chi connectivity index (χ0n) is 13.6. The van der Waals surface area contributed by atoms with Crippen molar-refractivity contribution in [2.75, 3.05) is 0 Å². The molecule has 1 atom stereocenters. The van der Waals surface area contributed by atoms with Crippen LogP contribution in [0.4, 0.5) is 0 Å². The number of fused-ring (bicyclic) bond motifs is 1. The van der Waals surface area contributed by atoms with Gasteiger partial charge in [-0.3, -0.25) is 0 Å². The summed E-state index contributed by atoms with van der Waals surface area (Å²) >= 11 is 0. The summed E-state index contributed by atoms with van der Waals surface area (Å²) in [5.41, 5.74) is 7.18. The molecule has 0 amide bonds. The van der Waals surface area contributed by atoms with Gasteiger partial charge in [-0.1, -0.05) is 68.5 Å². The van der Waals surface area contributed by atoms with Crippen LogP contribution >= 0.6 is 0 Å². The smallest absolute Gasteiger partial charge is 0.0122 e. The van der Waals surface area contributed by atoms with Crippen LogP contribution in [0, 0.1) is 0 Å². The Balaban J connectivity index is 1.76. The van der Waals surface area contributed by atoms with Crippen molar-refractivity contribution in [1.82, 2.24) is 0 Å². The van der Waals surface area contributed by atoms with Crippen molar-refractivity contribution in [1.29, 1.82) is 0 Å². The monoisotopic (exact) mass is 290 g/mol. The average molecular weight is 290 g/mol. The highest BCUT2D eigenvalue weighted by molar-refractivity contribution is 5.65. The average Bonchev–Trinajstić information content (AvgIpc) is 3.02. The molecular formula is C22H26. The Morgan fingerprint density at radius 3 is 2.59 bits per heavy atom. The van der Waals surface area contributed by atoms with Gasteiger partial charge < -0.3 is 0 Å². The Morgan fingerprint density at radius 1 is 1.05 bits per heavy atom. The lowest BCUT2D eigenvalue weighted by Crippen LogP contribution is -2.00. The van der Waals surface area contributed by atoms with E-state index in [0.717, 1.165) is 6.42 Å². The Labute approximate surface area is 134 Å². The third kappa shape index (κ3) is 3.32. The van der Waals surface area contributed by atoms with Gasteiger partial charge in [0.25, 0.3) is 0 Å². The molecule has 22 heavy (non-hydrogen) atoms. The number of allylic oxidation sites excluding steroid dienone is 1. The Kier molecular flexibility index (Phi) is 4.77. The van der Waals surface area contributed by atoms with E-state index in [-0.39, 0.29) is 0 Å². The van der Waals surface area contributed by atoms with Gasteiger partial charge in [0.15, 0.2) is 0 Å². The number of benzene rings is 2. The van der Waals surface area contributed by atoms with E-state index in [9.17, 15) is 0 Å². The van der Waals surface area contributed by atoms with Crippen molar-refractivity contribution >= 4 is 5.57 Å². The van der Waals surface area contributed by atoms with E-state index in [1.807, 2.05) is 0 Å². The largest absolute Gasteiger partial charge is 0.0952 e. The van der Waals surface area contributed by atoms with Crippen LogP contribution in [-0.2, 0) is 12.8 Å². The van der Waals surface area contributed by atoms with Crippen LogP contribution in [0.2, 0.25) is 0 Å². The highest BCUT2D eigenvalue weighted by Crippen LogP contribution is 2.33. The van der Waals surface area contributed by atoms with Gasteiger partial charge in [0, 0.05) is 0 Å². The first-order valence-corrected chi connectivity index (χ1v) is 8.63. The van der Waals surface area contributed by atoms with E-state index in [2.05, 4.69) is 62.0 Å². The second-order valence-electron chi connectivity index (χ2n) is 6.54. The summed E-state index contributed by atoms with van der Waals surface area (Å²) in [5.74, 6) is 0.590. The molecule has 2 aromatic rings. The molecule has 0 N–H and O–H groups in total. The predicted octanol–water partition coefficient (Wildman–Crippen LogP) is 6.16. The maximum absolute atomic E-state index is 4.40. The van der Waals surface area contributed by atoms with Crippen molar-refractivity contribution in [3.8, 4) is 0 Å². The van der Waals surface area contributed by atoms with E-state index < -0.39 is 0 Å². The first-order chi connectivity index (χ1) is 10.8. The van der Waals surface area contributed by atoms with Crippen LogP contribution < -0.4 is 0 Å². The number of rotatable bonds is 6. The lowest BCUT2D eigenvalue weighted by molar-refractivity contribution is 0.627. The minimum absolute atomic E-state index is 0.590. The van der Waals surface area contributed by atoms with Crippen LogP contribution in [0.15, 0.2) is 55.1 Å². The van der Waals surface area contributed by atoms with Gasteiger partial charge in [0.1, 0.15) is 0 Å². The molecule has 0 heteroatoms. The summed E-state index contributed by atoms with van der Waals surface area (Å²) in [5, 5.41) is 0. The van der Waals surface area contributed by atoms with Crippen LogP contribution in [-0.4, -0.2) is 0 Å². The van der Waals surface area contributed by atoms with Gasteiger partial charge in [-0.15, -0.1) is 0 Å². The minimum atomic E-state index is 0.590. The van der Waals surface area contributed by atoms with Crippen molar-refractivity contribution in [2.45, 2.75) is 51.4 Å². The molecule has 0 saturated heterocycles. The number of hydrogen-bond donors (Lipinski definition) is 0. The van der Waals surface area contributed by atoms with Gasteiger partial charge >= 0.3 is 0 Å². The highest BCUT2D eigenvalue weighted by Gasteiger charge is 2.15.